The third-order valence-corrected chi connectivity index (χ3v) is 5.59. The van der Waals surface area contributed by atoms with Crippen LogP contribution in [0, 0.1) is 0 Å². The quantitative estimate of drug-likeness (QED) is 0.835. The molecule has 8 heteroatoms. The molecule has 1 saturated carbocycles. The normalized spacial score (nSPS) is 26.4. The summed E-state index contributed by atoms with van der Waals surface area (Å²) in [6.07, 6.45) is 2.19. The van der Waals surface area contributed by atoms with Crippen molar-refractivity contribution in [1.82, 2.24) is 10.2 Å². The molecule has 1 aliphatic rings. The van der Waals surface area contributed by atoms with Gasteiger partial charge in [-0.15, -0.1) is 10.2 Å². The van der Waals surface area contributed by atoms with E-state index in [2.05, 4.69) is 10.2 Å². The minimum absolute atomic E-state index is 0.298. The number of carbonyl (C=O) groups excluding carboxylic acids is 1. The summed E-state index contributed by atoms with van der Waals surface area (Å²) in [5.41, 5.74) is 5.25. The highest BCUT2D eigenvalue weighted by molar-refractivity contribution is 8.01. The molecule has 0 radical (unpaired) electrons. The van der Waals surface area contributed by atoms with Crippen LogP contribution in [0.4, 0.5) is 5.13 Å². The highest BCUT2D eigenvalue weighted by Crippen LogP contribution is 2.41. The van der Waals surface area contributed by atoms with Crippen LogP contribution in [-0.4, -0.2) is 48.2 Å². The van der Waals surface area contributed by atoms with E-state index in [1.165, 1.54) is 7.11 Å². The summed E-state index contributed by atoms with van der Waals surface area (Å²) >= 11 is 3.20. The third kappa shape index (κ3) is 3.18. The van der Waals surface area contributed by atoms with E-state index in [0.29, 0.717) is 18.1 Å². The maximum Gasteiger partial charge on any atom is 0.325 e. The van der Waals surface area contributed by atoms with Crippen molar-refractivity contribution < 1.29 is 9.53 Å². The molecule has 0 saturated heterocycles. The fourth-order valence-corrected chi connectivity index (χ4v) is 4.41. The lowest BCUT2D eigenvalue weighted by Crippen LogP contribution is -2.46. The van der Waals surface area contributed by atoms with Gasteiger partial charge in [-0.1, -0.05) is 23.1 Å². The number of nitrogens with two attached hydrogens (primary N) is 1. The van der Waals surface area contributed by atoms with Gasteiger partial charge in [0.05, 0.1) is 7.11 Å². The van der Waals surface area contributed by atoms with Crippen molar-refractivity contribution in [1.29, 1.82) is 0 Å². The summed E-state index contributed by atoms with van der Waals surface area (Å²) in [5.74, 6) is -0.318. The Morgan fingerprint density at radius 3 is 2.89 bits per heavy atom. The van der Waals surface area contributed by atoms with Crippen molar-refractivity contribution in [2.45, 2.75) is 34.4 Å². The Hall–Kier alpha value is -0.860. The van der Waals surface area contributed by atoms with Crippen LogP contribution in [0.2, 0.25) is 0 Å². The van der Waals surface area contributed by atoms with Gasteiger partial charge < -0.3 is 15.4 Å². The Balaban J connectivity index is 1.96. The monoisotopic (exact) mass is 302 g/mol. The van der Waals surface area contributed by atoms with Gasteiger partial charge in [0.2, 0.25) is 5.13 Å². The lowest BCUT2D eigenvalue weighted by atomic mass is 10.00. The van der Waals surface area contributed by atoms with E-state index in [9.17, 15) is 4.79 Å². The predicted molar refractivity (Wildman–Crippen MR) is 76.7 cm³/mol. The van der Waals surface area contributed by atoms with E-state index >= 15 is 0 Å². The summed E-state index contributed by atoms with van der Waals surface area (Å²) in [6, 6.07) is 0. The fraction of sp³-hybridized carbons (Fsp3) is 0.727. The van der Waals surface area contributed by atoms with Crippen LogP contribution in [0.3, 0.4) is 0 Å². The smallest absolute Gasteiger partial charge is 0.325 e. The van der Waals surface area contributed by atoms with Crippen LogP contribution in [0.1, 0.15) is 19.3 Å². The summed E-state index contributed by atoms with van der Waals surface area (Å²) in [4.78, 5) is 13.6. The number of aromatic nitrogens is 2. The highest BCUT2D eigenvalue weighted by atomic mass is 32.2. The molecule has 1 aliphatic carbocycles. The first-order chi connectivity index (χ1) is 8.94. The van der Waals surface area contributed by atoms with Crippen LogP contribution in [-0.2, 0) is 9.53 Å². The number of ether oxygens (including phenoxy) is 1. The van der Waals surface area contributed by atoms with Gasteiger partial charge in [-0.3, -0.25) is 4.79 Å². The van der Waals surface area contributed by atoms with Gasteiger partial charge in [0.15, 0.2) is 4.34 Å². The van der Waals surface area contributed by atoms with E-state index < -0.39 is 5.54 Å². The Morgan fingerprint density at radius 2 is 2.32 bits per heavy atom. The van der Waals surface area contributed by atoms with E-state index in [4.69, 9.17) is 10.5 Å². The second kappa shape index (κ2) is 5.64. The molecule has 1 aromatic heterocycles. The van der Waals surface area contributed by atoms with Gasteiger partial charge >= 0.3 is 5.97 Å². The van der Waals surface area contributed by atoms with Gasteiger partial charge in [0.1, 0.15) is 5.54 Å². The van der Waals surface area contributed by atoms with Crippen molar-refractivity contribution in [3.8, 4) is 0 Å². The lowest BCUT2D eigenvalue weighted by Gasteiger charge is -2.20. The van der Waals surface area contributed by atoms with Gasteiger partial charge in [-0.25, -0.2) is 0 Å². The molecule has 0 aromatic carbocycles. The van der Waals surface area contributed by atoms with Gasteiger partial charge in [0, 0.05) is 19.3 Å². The first-order valence-electron chi connectivity index (χ1n) is 5.99. The Labute approximate surface area is 120 Å². The number of anilines is 1. The molecular formula is C11H18N4O2S2. The molecule has 1 heterocycles. The molecule has 6 nitrogen and oxygen atoms in total. The van der Waals surface area contributed by atoms with E-state index in [1.54, 1.807) is 23.1 Å². The summed E-state index contributed by atoms with van der Waals surface area (Å²) in [7, 11) is 5.25. The van der Waals surface area contributed by atoms with E-state index in [0.717, 1.165) is 15.9 Å². The zero-order valence-electron chi connectivity index (χ0n) is 11.3. The number of esters is 1. The zero-order chi connectivity index (χ0) is 14.0. The maximum atomic E-state index is 11.6. The lowest BCUT2D eigenvalue weighted by molar-refractivity contribution is -0.146. The highest BCUT2D eigenvalue weighted by Gasteiger charge is 2.43. The van der Waals surface area contributed by atoms with Gasteiger partial charge in [0.25, 0.3) is 0 Å². The number of thioether (sulfide) groups is 1. The second-order valence-electron chi connectivity index (χ2n) is 4.88. The largest absolute Gasteiger partial charge is 0.468 e. The second-order valence-corrected chi connectivity index (χ2v) is 7.38. The number of carbonyl (C=O) groups is 1. The zero-order valence-corrected chi connectivity index (χ0v) is 12.9. The molecule has 0 amide bonds. The SMILES string of the molecule is COC(=O)C1(N)CCC(Sc2nnc(N(C)C)s2)C1. The average Bonchev–Trinajstić information content (AvgIpc) is 2.97. The number of rotatable bonds is 4. The first-order valence-corrected chi connectivity index (χ1v) is 7.69. The number of hydrogen-bond donors (Lipinski definition) is 1. The first kappa shape index (κ1) is 14.5. The number of methoxy groups -OCH3 is 1. The van der Waals surface area contributed by atoms with Crippen LogP contribution in [0.5, 0.6) is 0 Å². The number of nitrogens with zero attached hydrogens (tertiary/aromatic N) is 3. The van der Waals surface area contributed by atoms with E-state index in [1.807, 2.05) is 19.0 Å². The molecule has 1 aromatic rings. The molecule has 0 bridgehead atoms. The van der Waals surface area contributed by atoms with Crippen molar-refractivity contribution in [2.24, 2.45) is 5.73 Å². The molecule has 106 valence electrons. The minimum atomic E-state index is -0.832. The standard InChI is InChI=1S/C11H18N4O2S2/c1-15(2)9-13-14-10(19-9)18-7-4-5-11(12,6-7)8(16)17-3/h7H,4-6,12H2,1-3H3. The van der Waals surface area contributed by atoms with Crippen LogP contribution < -0.4 is 10.6 Å². The van der Waals surface area contributed by atoms with Crippen LogP contribution in [0.25, 0.3) is 0 Å². The average molecular weight is 302 g/mol. The van der Waals surface area contributed by atoms with Crippen molar-refractivity contribution in [2.75, 3.05) is 26.1 Å². The molecule has 2 rings (SSSR count). The van der Waals surface area contributed by atoms with Gasteiger partial charge in [-0.05, 0) is 19.3 Å². The predicted octanol–water partition coefficient (Wildman–Crippen LogP) is 1.12. The maximum absolute atomic E-state index is 11.6. The fourth-order valence-electron chi connectivity index (χ4n) is 2.09. The topological polar surface area (TPSA) is 81.3 Å². The van der Waals surface area contributed by atoms with Crippen LogP contribution in [0.15, 0.2) is 4.34 Å². The molecular weight excluding hydrogens is 284 g/mol. The summed E-state index contributed by atoms with van der Waals surface area (Å²) < 4.78 is 5.69. The van der Waals surface area contributed by atoms with Crippen LogP contribution >= 0.6 is 23.1 Å². The molecule has 1 fully saturated rings. The van der Waals surface area contributed by atoms with Crippen molar-refractivity contribution >= 4 is 34.2 Å². The molecule has 19 heavy (non-hydrogen) atoms. The molecule has 2 N–H and O–H groups in total. The molecule has 0 spiro atoms. The summed E-state index contributed by atoms with van der Waals surface area (Å²) in [6.45, 7) is 0. The Morgan fingerprint density at radius 1 is 1.58 bits per heavy atom. The molecule has 2 unspecified atom stereocenters. The minimum Gasteiger partial charge on any atom is -0.468 e. The molecule has 0 aliphatic heterocycles. The summed E-state index contributed by atoms with van der Waals surface area (Å²) in [5, 5.41) is 9.42. The molecule has 2 atom stereocenters. The van der Waals surface area contributed by atoms with E-state index in [-0.39, 0.29) is 5.97 Å². The van der Waals surface area contributed by atoms with Gasteiger partial charge in [-0.2, -0.15) is 0 Å². The Kier molecular flexibility index (Phi) is 4.32. The van der Waals surface area contributed by atoms with Crippen molar-refractivity contribution in [3.05, 3.63) is 0 Å². The number of hydrogen-bond acceptors (Lipinski definition) is 8. The Bertz CT molecular complexity index is 465. The third-order valence-electron chi connectivity index (χ3n) is 3.14. The van der Waals surface area contributed by atoms with Crippen molar-refractivity contribution in [3.63, 3.8) is 0 Å².